The average molecular weight is 317 g/mol. The van der Waals surface area contributed by atoms with E-state index < -0.39 is 35.0 Å². The Labute approximate surface area is 119 Å². The van der Waals surface area contributed by atoms with Crippen molar-refractivity contribution in [1.29, 1.82) is 0 Å². The summed E-state index contributed by atoms with van der Waals surface area (Å²) in [6.07, 6.45) is -3.76. The van der Waals surface area contributed by atoms with Crippen molar-refractivity contribution < 1.29 is 32.6 Å². The number of carbonyl (C=O) groups is 2. The second-order valence-electron chi connectivity index (χ2n) is 3.76. The number of nitrogens with zero attached hydrogens (tertiary/aromatic N) is 1. The number of carboxylic acids is 1. The lowest BCUT2D eigenvalue weighted by Crippen LogP contribution is -2.15. The maximum atomic E-state index is 12.8. The Morgan fingerprint density at radius 2 is 1.90 bits per heavy atom. The third-order valence-electron chi connectivity index (χ3n) is 2.38. The van der Waals surface area contributed by atoms with Crippen LogP contribution in [0.4, 0.5) is 13.2 Å². The van der Waals surface area contributed by atoms with Gasteiger partial charge in [-0.2, -0.15) is 17.5 Å². The number of benzene rings is 1. The lowest BCUT2D eigenvalue weighted by Gasteiger charge is -2.11. The van der Waals surface area contributed by atoms with Crippen molar-refractivity contribution in [3.05, 3.63) is 46.5 Å². The Hall–Kier alpha value is -2.42. The number of alkyl halides is 3. The van der Waals surface area contributed by atoms with Gasteiger partial charge in [0.05, 0.1) is 11.8 Å². The minimum atomic E-state index is -4.69. The molecular formula is C12H6F3NO4S. The fraction of sp³-hybridized carbons (Fsp3) is 0.0833. The zero-order valence-electron chi connectivity index (χ0n) is 10.0. The van der Waals surface area contributed by atoms with Gasteiger partial charge in [0.1, 0.15) is 16.2 Å². The standard InChI is InChI=1S/C12H6F3NO4S/c13-12(14,15)7-3-1-2-4-8(7)20-11(19)9-6(10(17)18)5-16-21-9/h1-5H,(H,17,18). The quantitative estimate of drug-likeness (QED) is 0.695. The van der Waals surface area contributed by atoms with Crippen LogP contribution in [0.1, 0.15) is 25.6 Å². The first-order chi connectivity index (χ1) is 9.80. The van der Waals surface area contributed by atoms with E-state index in [-0.39, 0.29) is 4.88 Å². The molecule has 1 aromatic carbocycles. The summed E-state index contributed by atoms with van der Waals surface area (Å²) >= 11 is 0.532. The van der Waals surface area contributed by atoms with Gasteiger partial charge < -0.3 is 9.84 Å². The van der Waals surface area contributed by atoms with Gasteiger partial charge in [0.25, 0.3) is 0 Å². The molecule has 110 valence electrons. The van der Waals surface area contributed by atoms with E-state index in [0.29, 0.717) is 11.5 Å². The lowest BCUT2D eigenvalue weighted by molar-refractivity contribution is -0.138. The number of ether oxygens (including phenoxy) is 1. The van der Waals surface area contributed by atoms with E-state index in [9.17, 15) is 22.8 Å². The number of para-hydroxylation sites is 1. The van der Waals surface area contributed by atoms with Gasteiger partial charge in [0.15, 0.2) is 0 Å². The molecule has 0 spiro atoms. The Bertz CT molecular complexity index is 696. The number of hydrogen-bond acceptors (Lipinski definition) is 5. The number of halogens is 3. The monoisotopic (exact) mass is 317 g/mol. The van der Waals surface area contributed by atoms with Crippen molar-refractivity contribution in [2.45, 2.75) is 6.18 Å². The number of rotatable bonds is 3. The zero-order valence-corrected chi connectivity index (χ0v) is 10.9. The molecule has 0 fully saturated rings. The molecule has 0 atom stereocenters. The summed E-state index contributed by atoms with van der Waals surface area (Å²) in [5.41, 5.74) is -1.55. The third kappa shape index (κ3) is 3.19. The Morgan fingerprint density at radius 3 is 2.52 bits per heavy atom. The van der Waals surface area contributed by atoms with E-state index in [1.807, 2.05) is 0 Å². The molecule has 0 aliphatic rings. The van der Waals surface area contributed by atoms with Crippen molar-refractivity contribution in [2.75, 3.05) is 0 Å². The Balaban J connectivity index is 2.33. The van der Waals surface area contributed by atoms with Gasteiger partial charge >= 0.3 is 18.1 Å². The Kier molecular flexibility index (Phi) is 3.94. The third-order valence-corrected chi connectivity index (χ3v) is 3.16. The minimum Gasteiger partial charge on any atom is -0.478 e. The van der Waals surface area contributed by atoms with E-state index >= 15 is 0 Å². The van der Waals surface area contributed by atoms with E-state index in [0.717, 1.165) is 24.4 Å². The van der Waals surface area contributed by atoms with Gasteiger partial charge in [-0.1, -0.05) is 12.1 Å². The van der Waals surface area contributed by atoms with Crippen LogP contribution in [-0.2, 0) is 6.18 Å². The van der Waals surface area contributed by atoms with Crippen LogP contribution in [0, 0.1) is 0 Å². The van der Waals surface area contributed by atoms with Crippen LogP contribution in [0.25, 0.3) is 0 Å². The normalized spacial score (nSPS) is 11.2. The summed E-state index contributed by atoms with van der Waals surface area (Å²) in [5, 5.41) is 8.83. The SMILES string of the molecule is O=C(O)c1cnsc1C(=O)Oc1ccccc1C(F)(F)F. The molecule has 2 aromatic rings. The average Bonchev–Trinajstić information content (AvgIpc) is 2.87. The van der Waals surface area contributed by atoms with Crippen LogP contribution < -0.4 is 4.74 Å². The molecule has 9 heteroatoms. The minimum absolute atomic E-state index is 0.375. The maximum absolute atomic E-state index is 12.8. The smallest absolute Gasteiger partial charge is 0.419 e. The highest BCUT2D eigenvalue weighted by molar-refractivity contribution is 7.08. The first-order valence-electron chi connectivity index (χ1n) is 5.37. The first-order valence-corrected chi connectivity index (χ1v) is 6.14. The molecular weight excluding hydrogens is 311 g/mol. The zero-order chi connectivity index (χ0) is 15.6. The molecule has 0 amide bonds. The molecule has 1 aromatic heterocycles. The fourth-order valence-corrected chi connectivity index (χ4v) is 2.09. The number of aromatic nitrogens is 1. The highest BCUT2D eigenvalue weighted by atomic mass is 32.1. The lowest BCUT2D eigenvalue weighted by atomic mass is 10.2. The van der Waals surface area contributed by atoms with Gasteiger partial charge in [0.2, 0.25) is 0 Å². The topological polar surface area (TPSA) is 76.5 Å². The predicted molar refractivity (Wildman–Crippen MR) is 65.5 cm³/mol. The number of aromatic carboxylic acids is 1. The number of carboxylic acid groups (broad SMARTS) is 1. The molecule has 0 bridgehead atoms. The van der Waals surface area contributed by atoms with Gasteiger partial charge in [0, 0.05) is 0 Å². The van der Waals surface area contributed by atoms with Gasteiger partial charge in [-0.15, -0.1) is 0 Å². The van der Waals surface area contributed by atoms with Gasteiger partial charge in [-0.05, 0) is 23.7 Å². The predicted octanol–water partition coefficient (Wildman–Crippen LogP) is 3.08. The molecule has 0 radical (unpaired) electrons. The first kappa shape index (κ1) is 15.0. The second-order valence-corrected chi connectivity index (χ2v) is 4.56. The molecule has 5 nitrogen and oxygen atoms in total. The van der Waals surface area contributed by atoms with Crippen LogP contribution in [0.2, 0.25) is 0 Å². The largest absolute Gasteiger partial charge is 0.478 e. The molecule has 0 saturated carbocycles. The highest BCUT2D eigenvalue weighted by Gasteiger charge is 2.35. The van der Waals surface area contributed by atoms with E-state index in [1.54, 1.807) is 0 Å². The van der Waals surface area contributed by atoms with Crippen LogP contribution in [-0.4, -0.2) is 21.4 Å². The van der Waals surface area contributed by atoms with Crippen molar-refractivity contribution in [2.24, 2.45) is 0 Å². The summed E-state index contributed by atoms with van der Waals surface area (Å²) < 4.78 is 46.4. The summed E-state index contributed by atoms with van der Waals surface area (Å²) in [6, 6.07) is 4.15. The summed E-state index contributed by atoms with van der Waals surface area (Å²) in [6.45, 7) is 0. The fourth-order valence-electron chi connectivity index (χ4n) is 1.48. The molecule has 0 aliphatic carbocycles. The number of carbonyl (C=O) groups excluding carboxylic acids is 1. The molecule has 2 rings (SSSR count). The van der Waals surface area contributed by atoms with E-state index in [4.69, 9.17) is 5.11 Å². The number of hydrogen-bond donors (Lipinski definition) is 1. The summed E-state index contributed by atoms with van der Waals surface area (Å²) in [5.74, 6) is -3.31. The summed E-state index contributed by atoms with van der Waals surface area (Å²) in [4.78, 5) is 22.3. The second kappa shape index (κ2) is 5.52. The van der Waals surface area contributed by atoms with Crippen molar-refractivity contribution in [1.82, 2.24) is 4.37 Å². The molecule has 0 saturated heterocycles. The van der Waals surface area contributed by atoms with Crippen molar-refractivity contribution in [3.63, 3.8) is 0 Å². The molecule has 1 heterocycles. The molecule has 21 heavy (non-hydrogen) atoms. The maximum Gasteiger partial charge on any atom is 0.419 e. The van der Waals surface area contributed by atoms with Crippen LogP contribution in [0.3, 0.4) is 0 Å². The molecule has 1 N–H and O–H groups in total. The van der Waals surface area contributed by atoms with Crippen LogP contribution in [0.15, 0.2) is 30.5 Å². The van der Waals surface area contributed by atoms with E-state index in [1.165, 1.54) is 6.07 Å². The van der Waals surface area contributed by atoms with Crippen LogP contribution in [0.5, 0.6) is 5.75 Å². The Morgan fingerprint density at radius 1 is 1.24 bits per heavy atom. The number of esters is 1. The highest BCUT2D eigenvalue weighted by Crippen LogP contribution is 2.36. The molecule has 0 aliphatic heterocycles. The molecule has 0 unspecified atom stereocenters. The van der Waals surface area contributed by atoms with Crippen LogP contribution >= 0.6 is 11.5 Å². The van der Waals surface area contributed by atoms with Gasteiger partial charge in [-0.25, -0.2) is 9.59 Å². The van der Waals surface area contributed by atoms with E-state index in [2.05, 4.69) is 9.11 Å². The van der Waals surface area contributed by atoms with Gasteiger partial charge in [-0.3, -0.25) is 0 Å². The summed E-state index contributed by atoms with van der Waals surface area (Å²) in [7, 11) is 0. The van der Waals surface area contributed by atoms with Crippen molar-refractivity contribution >= 4 is 23.5 Å². The van der Waals surface area contributed by atoms with Crippen molar-refractivity contribution in [3.8, 4) is 5.75 Å².